The van der Waals surface area contributed by atoms with Crippen LogP contribution in [0.4, 0.5) is 5.69 Å². The van der Waals surface area contributed by atoms with E-state index in [0.717, 1.165) is 58.3 Å². The first-order valence-electron chi connectivity index (χ1n) is 11.1. The molecule has 30 heavy (non-hydrogen) atoms. The number of hydrogen-bond donors (Lipinski definition) is 2. The van der Waals surface area contributed by atoms with Gasteiger partial charge in [-0.05, 0) is 43.7 Å². The lowest BCUT2D eigenvalue weighted by Crippen LogP contribution is -2.54. The Morgan fingerprint density at radius 1 is 1.13 bits per heavy atom. The Kier molecular flexibility index (Phi) is 10.7. The number of aliphatic imine (C=N–C) groups is 1. The summed E-state index contributed by atoms with van der Waals surface area (Å²) in [4.78, 5) is 9.49. The second kappa shape index (κ2) is 12.7. The minimum absolute atomic E-state index is 0. The molecule has 1 heterocycles. The van der Waals surface area contributed by atoms with Gasteiger partial charge in [-0.2, -0.15) is 0 Å². The average molecular weight is 530 g/mol. The van der Waals surface area contributed by atoms with Crippen LogP contribution < -0.4 is 15.5 Å². The van der Waals surface area contributed by atoms with Crippen LogP contribution in [-0.2, 0) is 4.74 Å². The molecule has 1 aliphatic carbocycles. The lowest BCUT2D eigenvalue weighted by molar-refractivity contribution is 0.0732. The van der Waals surface area contributed by atoms with Gasteiger partial charge in [0.15, 0.2) is 5.96 Å². The van der Waals surface area contributed by atoms with Crippen molar-refractivity contribution in [3.05, 3.63) is 30.3 Å². The van der Waals surface area contributed by atoms with E-state index < -0.39 is 0 Å². The molecule has 0 aromatic heterocycles. The van der Waals surface area contributed by atoms with Gasteiger partial charge < -0.3 is 20.3 Å². The Bertz CT molecular complexity index is 630. The third-order valence-electron chi connectivity index (χ3n) is 6.73. The largest absolute Gasteiger partial charge is 0.385 e. The maximum atomic E-state index is 5.31. The molecular formula is C23H40IN5O. The summed E-state index contributed by atoms with van der Waals surface area (Å²) in [5.41, 5.74) is 1.73. The first-order valence-corrected chi connectivity index (χ1v) is 11.1. The van der Waals surface area contributed by atoms with Crippen LogP contribution >= 0.6 is 24.0 Å². The van der Waals surface area contributed by atoms with Crippen molar-refractivity contribution in [2.75, 3.05) is 64.9 Å². The van der Waals surface area contributed by atoms with Crippen molar-refractivity contribution in [1.29, 1.82) is 0 Å². The highest BCUT2D eigenvalue weighted by Gasteiger charge is 2.36. The number of nitrogens with one attached hydrogen (secondary N) is 2. The Morgan fingerprint density at radius 2 is 1.83 bits per heavy atom. The predicted octanol–water partition coefficient (Wildman–Crippen LogP) is 3.19. The molecule has 1 aromatic carbocycles. The molecule has 2 N–H and O–H groups in total. The molecule has 0 spiro atoms. The van der Waals surface area contributed by atoms with Gasteiger partial charge in [0.1, 0.15) is 0 Å². The zero-order valence-corrected chi connectivity index (χ0v) is 21.2. The molecule has 1 aliphatic heterocycles. The van der Waals surface area contributed by atoms with Gasteiger partial charge in [-0.15, -0.1) is 24.0 Å². The van der Waals surface area contributed by atoms with Gasteiger partial charge >= 0.3 is 0 Å². The van der Waals surface area contributed by atoms with Crippen LogP contribution in [0.15, 0.2) is 35.3 Å². The SMILES string of the molecule is CN=C(NCC(C)N1CCN(c2ccccc2)CC1)NCC1(CCOC)CCC1.I. The lowest BCUT2D eigenvalue weighted by atomic mass is 9.67. The number of benzene rings is 1. The topological polar surface area (TPSA) is 52.1 Å². The van der Waals surface area contributed by atoms with Crippen LogP contribution in [0.2, 0.25) is 0 Å². The van der Waals surface area contributed by atoms with E-state index in [4.69, 9.17) is 4.74 Å². The normalized spacial score (nSPS) is 20.1. The van der Waals surface area contributed by atoms with E-state index >= 15 is 0 Å². The van der Waals surface area contributed by atoms with E-state index in [1.807, 2.05) is 7.05 Å². The Hall–Kier alpha value is -1.06. The number of piperazine rings is 1. The fourth-order valence-electron chi connectivity index (χ4n) is 4.44. The van der Waals surface area contributed by atoms with Crippen LogP contribution in [-0.4, -0.2) is 76.9 Å². The number of nitrogens with zero attached hydrogens (tertiary/aromatic N) is 3. The summed E-state index contributed by atoms with van der Waals surface area (Å²) in [5.74, 6) is 0.920. The fourth-order valence-corrected chi connectivity index (χ4v) is 4.44. The maximum Gasteiger partial charge on any atom is 0.191 e. The molecule has 1 unspecified atom stereocenters. The maximum absolute atomic E-state index is 5.31. The molecular weight excluding hydrogens is 489 g/mol. The lowest BCUT2D eigenvalue weighted by Gasteiger charge is -2.42. The number of methoxy groups -OCH3 is 1. The molecule has 1 atom stereocenters. The molecule has 1 saturated heterocycles. The van der Waals surface area contributed by atoms with Crippen LogP contribution in [0.1, 0.15) is 32.6 Å². The van der Waals surface area contributed by atoms with Crippen LogP contribution in [0.5, 0.6) is 0 Å². The second-order valence-corrected chi connectivity index (χ2v) is 8.61. The molecule has 2 fully saturated rings. The molecule has 3 rings (SSSR count). The van der Waals surface area contributed by atoms with Gasteiger partial charge in [-0.25, -0.2) is 0 Å². The summed E-state index contributed by atoms with van der Waals surface area (Å²) < 4.78 is 5.31. The molecule has 6 nitrogen and oxygen atoms in total. The van der Waals surface area contributed by atoms with E-state index in [2.05, 4.69) is 62.7 Å². The van der Waals surface area contributed by atoms with E-state index in [-0.39, 0.29) is 24.0 Å². The van der Waals surface area contributed by atoms with Gasteiger partial charge in [0.05, 0.1) is 0 Å². The zero-order valence-electron chi connectivity index (χ0n) is 18.9. The smallest absolute Gasteiger partial charge is 0.191 e. The Balaban J connectivity index is 0.00000320. The van der Waals surface area contributed by atoms with Gasteiger partial charge in [0, 0.05) is 71.8 Å². The standard InChI is InChI=1S/C23H39N5O.HI/c1-20(27-13-15-28(16-14-27)21-8-5-4-6-9-21)18-25-22(24-2)26-19-23(10-7-11-23)12-17-29-3;/h4-6,8-9,20H,7,10-19H2,1-3H3,(H2,24,25,26);1H. The van der Waals surface area contributed by atoms with Gasteiger partial charge in [-0.1, -0.05) is 24.6 Å². The van der Waals surface area contributed by atoms with Gasteiger partial charge in [0.25, 0.3) is 0 Å². The average Bonchev–Trinajstić information content (AvgIpc) is 2.75. The molecule has 0 radical (unpaired) electrons. The molecule has 0 bridgehead atoms. The second-order valence-electron chi connectivity index (χ2n) is 8.61. The van der Waals surface area contributed by atoms with Crippen molar-refractivity contribution in [2.24, 2.45) is 10.4 Å². The summed E-state index contributed by atoms with van der Waals surface area (Å²) in [6, 6.07) is 11.2. The minimum Gasteiger partial charge on any atom is -0.385 e. The van der Waals surface area contributed by atoms with Crippen molar-refractivity contribution < 1.29 is 4.74 Å². The first kappa shape index (κ1) is 25.2. The van der Waals surface area contributed by atoms with Crippen molar-refractivity contribution >= 4 is 35.6 Å². The number of ether oxygens (including phenoxy) is 1. The highest BCUT2D eigenvalue weighted by Crippen LogP contribution is 2.43. The summed E-state index contributed by atoms with van der Waals surface area (Å²) in [7, 11) is 3.66. The molecule has 0 amide bonds. The van der Waals surface area contributed by atoms with Crippen molar-refractivity contribution in [1.82, 2.24) is 15.5 Å². The molecule has 1 saturated carbocycles. The van der Waals surface area contributed by atoms with E-state index in [0.29, 0.717) is 11.5 Å². The quantitative estimate of drug-likeness (QED) is 0.293. The molecule has 170 valence electrons. The highest BCUT2D eigenvalue weighted by molar-refractivity contribution is 14.0. The van der Waals surface area contributed by atoms with Gasteiger partial charge in [-0.3, -0.25) is 9.89 Å². The van der Waals surface area contributed by atoms with Crippen LogP contribution in [0.25, 0.3) is 0 Å². The van der Waals surface area contributed by atoms with Crippen molar-refractivity contribution in [3.63, 3.8) is 0 Å². The summed E-state index contributed by atoms with van der Waals surface area (Å²) in [5, 5.41) is 7.10. The first-order chi connectivity index (χ1) is 14.2. The number of guanidine groups is 1. The molecule has 1 aromatic rings. The van der Waals surface area contributed by atoms with Gasteiger partial charge in [0.2, 0.25) is 0 Å². The summed E-state index contributed by atoms with van der Waals surface area (Å²) in [6.07, 6.45) is 5.06. The van der Waals surface area contributed by atoms with Crippen LogP contribution in [0, 0.1) is 5.41 Å². The number of halogens is 1. The predicted molar refractivity (Wildman–Crippen MR) is 137 cm³/mol. The number of rotatable bonds is 9. The minimum atomic E-state index is 0. The summed E-state index contributed by atoms with van der Waals surface area (Å²) >= 11 is 0. The van der Waals surface area contributed by atoms with E-state index in [9.17, 15) is 0 Å². The monoisotopic (exact) mass is 529 g/mol. The number of para-hydroxylation sites is 1. The molecule has 2 aliphatic rings. The van der Waals surface area contributed by atoms with E-state index in [1.165, 1.54) is 24.9 Å². The Morgan fingerprint density at radius 3 is 2.40 bits per heavy atom. The third kappa shape index (κ3) is 6.99. The summed E-state index contributed by atoms with van der Waals surface area (Å²) in [6.45, 7) is 9.43. The van der Waals surface area contributed by atoms with Crippen molar-refractivity contribution in [3.8, 4) is 0 Å². The van der Waals surface area contributed by atoms with Crippen molar-refractivity contribution in [2.45, 2.75) is 38.6 Å². The number of anilines is 1. The third-order valence-corrected chi connectivity index (χ3v) is 6.73. The van der Waals surface area contributed by atoms with E-state index in [1.54, 1.807) is 7.11 Å². The number of hydrogen-bond acceptors (Lipinski definition) is 4. The van der Waals surface area contributed by atoms with Crippen LogP contribution in [0.3, 0.4) is 0 Å². The highest BCUT2D eigenvalue weighted by atomic mass is 127. The Labute approximate surface area is 199 Å². The zero-order chi connectivity index (χ0) is 20.5. The fraction of sp³-hybridized carbons (Fsp3) is 0.696. The molecule has 7 heteroatoms.